The third-order valence-electron chi connectivity index (χ3n) is 4.87. The number of halogens is 1. The van der Waals surface area contributed by atoms with Gasteiger partial charge in [0.25, 0.3) is 0 Å². The summed E-state index contributed by atoms with van der Waals surface area (Å²) in [6.07, 6.45) is 0. The van der Waals surface area contributed by atoms with Crippen LogP contribution in [0.1, 0.15) is 13.8 Å². The fourth-order valence-electron chi connectivity index (χ4n) is 3.29. The maximum atomic E-state index is 13.3. The number of rotatable bonds is 7. The van der Waals surface area contributed by atoms with E-state index in [1.807, 2.05) is 62.4 Å². The molecule has 5 nitrogen and oxygen atoms in total. The summed E-state index contributed by atoms with van der Waals surface area (Å²) in [5.74, 6) is 0.175. The molecule has 0 radical (unpaired) electrons. The largest absolute Gasteiger partial charge is 0.492 e. The minimum atomic E-state index is -0.418. The summed E-state index contributed by atoms with van der Waals surface area (Å²) in [5, 5.41) is 13.8. The van der Waals surface area contributed by atoms with E-state index in [2.05, 4.69) is 15.5 Å². The van der Waals surface area contributed by atoms with Crippen LogP contribution in [0.15, 0.2) is 77.8 Å². The first-order valence-corrected chi connectivity index (χ1v) is 11.2. The van der Waals surface area contributed by atoms with Crippen molar-refractivity contribution >= 4 is 34.1 Å². The number of nitrogens with one attached hydrogen (secondary N) is 1. The highest BCUT2D eigenvalue weighted by molar-refractivity contribution is 8.00. The van der Waals surface area contributed by atoms with Crippen molar-refractivity contribution < 1.29 is 13.9 Å². The standard InChI is InChI=1S/C25H22FN3O2S/c1-3-31-22-11-7-6-10-21(22)27-24(30)16(2)32-25-20-9-5-4-8-19(20)23(28-29-25)17-12-14-18(26)15-13-17/h4-16H,3H2,1-2H3,(H,27,30). The highest BCUT2D eigenvalue weighted by Crippen LogP contribution is 2.34. The second-order valence-electron chi connectivity index (χ2n) is 7.08. The van der Waals surface area contributed by atoms with Crippen molar-refractivity contribution in [3.05, 3.63) is 78.6 Å². The number of ether oxygens (including phenoxy) is 1. The van der Waals surface area contributed by atoms with Crippen molar-refractivity contribution in [1.82, 2.24) is 10.2 Å². The summed E-state index contributed by atoms with van der Waals surface area (Å²) in [4.78, 5) is 12.9. The van der Waals surface area contributed by atoms with Crippen molar-refractivity contribution in [2.75, 3.05) is 11.9 Å². The van der Waals surface area contributed by atoms with E-state index in [0.29, 0.717) is 28.8 Å². The summed E-state index contributed by atoms with van der Waals surface area (Å²) in [6.45, 7) is 4.24. The van der Waals surface area contributed by atoms with Gasteiger partial charge in [-0.3, -0.25) is 4.79 Å². The van der Waals surface area contributed by atoms with Crippen molar-refractivity contribution in [1.29, 1.82) is 0 Å². The number of hydrogen-bond donors (Lipinski definition) is 1. The van der Waals surface area contributed by atoms with E-state index < -0.39 is 5.25 Å². The number of para-hydroxylation sites is 2. The number of thioether (sulfide) groups is 1. The van der Waals surface area contributed by atoms with E-state index in [4.69, 9.17) is 4.74 Å². The lowest BCUT2D eigenvalue weighted by Crippen LogP contribution is -2.23. The van der Waals surface area contributed by atoms with Crippen LogP contribution in [0.5, 0.6) is 5.75 Å². The zero-order valence-electron chi connectivity index (χ0n) is 17.7. The molecule has 0 bridgehead atoms. The maximum Gasteiger partial charge on any atom is 0.237 e. The summed E-state index contributed by atoms with van der Waals surface area (Å²) >= 11 is 1.34. The Morgan fingerprint density at radius 1 is 1.00 bits per heavy atom. The van der Waals surface area contributed by atoms with Gasteiger partial charge in [-0.2, -0.15) is 0 Å². The summed E-state index contributed by atoms with van der Waals surface area (Å²) in [6, 6.07) is 21.3. The van der Waals surface area contributed by atoms with E-state index in [0.717, 1.165) is 16.3 Å². The molecule has 0 fully saturated rings. The lowest BCUT2D eigenvalue weighted by Gasteiger charge is -2.15. The topological polar surface area (TPSA) is 64.1 Å². The molecule has 1 aromatic heterocycles. The highest BCUT2D eigenvalue weighted by atomic mass is 32.2. The predicted octanol–water partition coefficient (Wildman–Crippen LogP) is 5.95. The minimum Gasteiger partial charge on any atom is -0.492 e. The van der Waals surface area contributed by atoms with E-state index >= 15 is 0 Å². The lowest BCUT2D eigenvalue weighted by molar-refractivity contribution is -0.115. The lowest BCUT2D eigenvalue weighted by atomic mass is 10.1. The predicted molar refractivity (Wildman–Crippen MR) is 126 cm³/mol. The molecule has 4 rings (SSSR count). The maximum absolute atomic E-state index is 13.3. The molecular weight excluding hydrogens is 425 g/mol. The second kappa shape index (κ2) is 9.78. The van der Waals surface area contributed by atoms with Crippen LogP contribution in [0.2, 0.25) is 0 Å². The first kappa shape index (κ1) is 21.8. The Hall–Kier alpha value is -3.45. The summed E-state index contributed by atoms with van der Waals surface area (Å²) in [5.41, 5.74) is 2.09. The zero-order valence-corrected chi connectivity index (χ0v) is 18.5. The van der Waals surface area contributed by atoms with Gasteiger partial charge in [-0.05, 0) is 50.2 Å². The Morgan fingerprint density at radius 2 is 1.69 bits per heavy atom. The van der Waals surface area contributed by atoms with Gasteiger partial charge in [-0.15, -0.1) is 10.2 Å². The molecule has 1 amide bonds. The first-order valence-electron chi connectivity index (χ1n) is 10.3. The van der Waals surface area contributed by atoms with E-state index in [1.165, 1.54) is 23.9 Å². The van der Waals surface area contributed by atoms with Crippen LogP contribution >= 0.6 is 11.8 Å². The molecule has 32 heavy (non-hydrogen) atoms. The fraction of sp³-hybridized carbons (Fsp3) is 0.160. The molecule has 0 aliphatic heterocycles. The molecular formula is C25H22FN3O2S. The van der Waals surface area contributed by atoms with Gasteiger partial charge in [0.2, 0.25) is 5.91 Å². The Kier molecular flexibility index (Phi) is 6.66. The van der Waals surface area contributed by atoms with Gasteiger partial charge in [0.05, 0.1) is 17.5 Å². The smallest absolute Gasteiger partial charge is 0.237 e. The molecule has 4 aromatic rings. The van der Waals surface area contributed by atoms with Crippen LogP contribution in [0.25, 0.3) is 22.0 Å². The number of fused-ring (bicyclic) bond motifs is 1. The van der Waals surface area contributed by atoms with Crippen LogP contribution in [0, 0.1) is 5.82 Å². The van der Waals surface area contributed by atoms with Crippen LogP contribution in [-0.2, 0) is 4.79 Å². The van der Waals surface area contributed by atoms with Gasteiger partial charge < -0.3 is 10.1 Å². The van der Waals surface area contributed by atoms with Crippen molar-refractivity contribution in [2.24, 2.45) is 0 Å². The van der Waals surface area contributed by atoms with Gasteiger partial charge in [-0.1, -0.05) is 48.2 Å². The number of aromatic nitrogens is 2. The van der Waals surface area contributed by atoms with Gasteiger partial charge in [0.15, 0.2) is 0 Å². The molecule has 1 atom stereocenters. The van der Waals surface area contributed by atoms with Gasteiger partial charge in [0.1, 0.15) is 22.3 Å². The number of anilines is 1. The number of carbonyl (C=O) groups excluding carboxylic acids is 1. The molecule has 0 aliphatic carbocycles. The monoisotopic (exact) mass is 447 g/mol. The third kappa shape index (κ3) is 4.73. The quantitative estimate of drug-likeness (QED) is 0.355. The van der Waals surface area contributed by atoms with Crippen LogP contribution in [0.4, 0.5) is 10.1 Å². The van der Waals surface area contributed by atoms with Crippen molar-refractivity contribution in [3.63, 3.8) is 0 Å². The highest BCUT2D eigenvalue weighted by Gasteiger charge is 2.20. The van der Waals surface area contributed by atoms with Gasteiger partial charge in [0, 0.05) is 16.3 Å². The first-order chi connectivity index (χ1) is 15.6. The molecule has 3 aromatic carbocycles. The van der Waals surface area contributed by atoms with Crippen molar-refractivity contribution in [2.45, 2.75) is 24.1 Å². The number of hydrogen-bond acceptors (Lipinski definition) is 5. The molecule has 1 unspecified atom stereocenters. The fourth-order valence-corrected chi connectivity index (χ4v) is 4.19. The number of nitrogens with zero attached hydrogens (tertiary/aromatic N) is 2. The SMILES string of the molecule is CCOc1ccccc1NC(=O)C(C)Sc1nnc(-c2ccc(F)cc2)c2ccccc12. The molecule has 0 saturated heterocycles. The van der Waals surface area contributed by atoms with E-state index in [-0.39, 0.29) is 11.7 Å². The van der Waals surface area contributed by atoms with Crippen LogP contribution in [-0.4, -0.2) is 28.0 Å². The average molecular weight is 448 g/mol. The van der Waals surface area contributed by atoms with E-state index in [9.17, 15) is 9.18 Å². The molecule has 1 heterocycles. The molecule has 0 saturated carbocycles. The number of benzene rings is 3. The Morgan fingerprint density at radius 3 is 2.44 bits per heavy atom. The molecule has 1 N–H and O–H groups in total. The minimum absolute atomic E-state index is 0.157. The van der Waals surface area contributed by atoms with E-state index in [1.54, 1.807) is 12.1 Å². The normalized spacial score (nSPS) is 11.8. The number of carbonyl (C=O) groups is 1. The van der Waals surface area contributed by atoms with Gasteiger partial charge >= 0.3 is 0 Å². The van der Waals surface area contributed by atoms with Gasteiger partial charge in [-0.25, -0.2) is 4.39 Å². The van der Waals surface area contributed by atoms with Crippen LogP contribution < -0.4 is 10.1 Å². The Balaban J connectivity index is 1.59. The molecule has 0 spiro atoms. The Bertz CT molecular complexity index is 1250. The van der Waals surface area contributed by atoms with Crippen LogP contribution in [0.3, 0.4) is 0 Å². The average Bonchev–Trinajstić information content (AvgIpc) is 2.81. The summed E-state index contributed by atoms with van der Waals surface area (Å²) < 4.78 is 18.9. The summed E-state index contributed by atoms with van der Waals surface area (Å²) in [7, 11) is 0. The molecule has 0 aliphatic rings. The number of amides is 1. The molecule has 7 heteroatoms. The second-order valence-corrected chi connectivity index (χ2v) is 8.41. The van der Waals surface area contributed by atoms with Crippen molar-refractivity contribution in [3.8, 4) is 17.0 Å². The Labute approximate surface area is 190 Å². The third-order valence-corrected chi connectivity index (χ3v) is 5.97. The zero-order chi connectivity index (χ0) is 22.5. The molecule has 162 valence electrons.